The number of likely N-dealkylation sites (N-methyl/N-ethyl adjacent to an activating group) is 2. The Hall–Kier alpha value is -3.45. The molecule has 3 aliphatic rings. The zero-order chi connectivity index (χ0) is 32.1. The van der Waals surface area contributed by atoms with Crippen molar-refractivity contribution in [2.24, 2.45) is 10.6 Å². The van der Waals surface area contributed by atoms with Gasteiger partial charge in [-0.1, -0.05) is 25.3 Å². The second kappa shape index (κ2) is 12.1. The fourth-order valence-electron chi connectivity index (χ4n) is 7.52. The van der Waals surface area contributed by atoms with Crippen LogP contribution in [-0.2, 0) is 26.3 Å². The van der Waals surface area contributed by atoms with Crippen LogP contribution in [0.1, 0.15) is 71.8 Å². The van der Waals surface area contributed by atoms with Gasteiger partial charge in [0, 0.05) is 56.1 Å². The van der Waals surface area contributed by atoms with Crippen molar-refractivity contribution in [3.63, 3.8) is 0 Å². The number of rotatable bonds is 11. The minimum atomic E-state index is -3.78. The molecule has 12 heteroatoms. The molecule has 2 saturated carbocycles. The van der Waals surface area contributed by atoms with E-state index >= 15 is 0 Å². The van der Waals surface area contributed by atoms with Gasteiger partial charge >= 0.3 is 5.97 Å². The van der Waals surface area contributed by atoms with Gasteiger partial charge in [0.15, 0.2) is 0 Å². The molecule has 11 nitrogen and oxygen atoms in total. The Morgan fingerprint density at radius 3 is 2.49 bits per heavy atom. The quantitative estimate of drug-likeness (QED) is 0.300. The number of carboxylic acids is 1. The summed E-state index contributed by atoms with van der Waals surface area (Å²) in [5.74, 6) is 0.117. The van der Waals surface area contributed by atoms with E-state index in [4.69, 9.17) is 14.6 Å². The molecule has 0 spiro atoms. The highest BCUT2D eigenvalue weighted by Crippen LogP contribution is 2.66. The Morgan fingerprint density at radius 2 is 1.80 bits per heavy atom. The van der Waals surface area contributed by atoms with Crippen LogP contribution in [0, 0.1) is 5.41 Å². The highest BCUT2D eigenvalue weighted by atomic mass is 32.2. The highest BCUT2D eigenvalue weighted by Gasteiger charge is 2.63. The van der Waals surface area contributed by atoms with Gasteiger partial charge in [-0.05, 0) is 66.6 Å². The second-order valence-corrected chi connectivity index (χ2v) is 14.4. The maximum atomic E-state index is 14.3. The standard InChI is InChI=1S/C33H42N4O7S/c1-35(13-15-44-16-14-36(2)45(34,41)42)32(40)33-19-27(33)26-18-23(43-3)10-12-24(26)30-29(21-7-5-4-6-8-21)25-11-9-22(31(38)39)17-28(25)37(30)20-33/h9-12,17-18,21,27H,4-8,13-16,19-20H2,1-3H3,(H,38,39)(H2,34,41,42)/t27?,33-/m0/s1. The number of aromatic carboxylic acids is 1. The van der Waals surface area contributed by atoms with Crippen LogP contribution in [0.5, 0.6) is 5.75 Å². The van der Waals surface area contributed by atoms with Crippen LogP contribution >= 0.6 is 0 Å². The molecular weight excluding hydrogens is 596 g/mol. The largest absolute Gasteiger partial charge is 0.497 e. The smallest absolute Gasteiger partial charge is 0.335 e. The van der Waals surface area contributed by atoms with Gasteiger partial charge in [0.05, 0.1) is 37.0 Å². The molecule has 0 bridgehead atoms. The molecule has 1 amide bonds. The molecule has 6 rings (SSSR count). The lowest BCUT2D eigenvalue weighted by atomic mass is 9.81. The predicted octanol–water partition coefficient (Wildman–Crippen LogP) is 4.16. The van der Waals surface area contributed by atoms with Crippen molar-refractivity contribution < 1.29 is 32.6 Å². The summed E-state index contributed by atoms with van der Waals surface area (Å²) < 4.78 is 37.4. The Bertz CT molecular complexity index is 1750. The summed E-state index contributed by atoms with van der Waals surface area (Å²) in [4.78, 5) is 28.1. The summed E-state index contributed by atoms with van der Waals surface area (Å²) in [5, 5.41) is 16.1. The third kappa shape index (κ3) is 5.73. The molecule has 1 unspecified atom stereocenters. The van der Waals surface area contributed by atoms with Crippen LogP contribution in [-0.4, -0.2) is 86.7 Å². The Kier molecular flexibility index (Phi) is 8.44. The summed E-state index contributed by atoms with van der Waals surface area (Å²) >= 11 is 0. The predicted molar refractivity (Wildman–Crippen MR) is 171 cm³/mol. The van der Waals surface area contributed by atoms with Gasteiger partial charge in [-0.15, -0.1) is 0 Å². The normalized spacial score (nSPS) is 21.1. The number of carboxylic acid groups (broad SMARTS) is 1. The van der Waals surface area contributed by atoms with E-state index in [1.165, 1.54) is 19.0 Å². The molecule has 2 aromatic carbocycles. The second-order valence-electron chi connectivity index (χ2n) is 12.8. The number of hydrogen-bond acceptors (Lipinski definition) is 6. The van der Waals surface area contributed by atoms with E-state index in [1.807, 2.05) is 12.1 Å². The summed E-state index contributed by atoms with van der Waals surface area (Å²) in [6.07, 6.45) is 6.39. The monoisotopic (exact) mass is 638 g/mol. The van der Waals surface area contributed by atoms with E-state index in [-0.39, 0.29) is 37.1 Å². The third-order valence-electron chi connectivity index (χ3n) is 10.1. The molecule has 45 heavy (non-hydrogen) atoms. The van der Waals surface area contributed by atoms with E-state index in [2.05, 4.69) is 16.7 Å². The van der Waals surface area contributed by atoms with Gasteiger partial charge < -0.3 is 24.0 Å². The Labute approximate surface area is 264 Å². The molecule has 0 saturated heterocycles. The minimum absolute atomic E-state index is 0.00910. The maximum Gasteiger partial charge on any atom is 0.335 e. The molecule has 1 aromatic heterocycles. The van der Waals surface area contributed by atoms with Crippen molar-refractivity contribution in [2.75, 3.05) is 47.5 Å². The first-order chi connectivity index (χ1) is 21.5. The van der Waals surface area contributed by atoms with Crippen LogP contribution in [0.4, 0.5) is 0 Å². The summed E-state index contributed by atoms with van der Waals surface area (Å²) in [5.41, 5.74) is 4.93. The van der Waals surface area contributed by atoms with Crippen LogP contribution in [0.3, 0.4) is 0 Å². The first kappa shape index (κ1) is 31.5. The fourth-order valence-corrected chi connectivity index (χ4v) is 7.85. The number of carbonyl (C=O) groups excluding carboxylic acids is 1. The molecule has 1 aliphatic heterocycles. The van der Waals surface area contributed by atoms with E-state index in [0.717, 1.165) is 63.5 Å². The van der Waals surface area contributed by atoms with E-state index in [0.29, 0.717) is 25.4 Å². The number of aromatic nitrogens is 1. The average Bonchev–Trinajstić information content (AvgIpc) is 3.69. The van der Waals surface area contributed by atoms with Crippen molar-refractivity contribution in [1.82, 2.24) is 13.8 Å². The van der Waals surface area contributed by atoms with E-state index in [9.17, 15) is 23.1 Å². The number of fused-ring (bicyclic) bond motifs is 7. The van der Waals surface area contributed by atoms with Crippen molar-refractivity contribution in [2.45, 2.75) is 56.9 Å². The summed E-state index contributed by atoms with van der Waals surface area (Å²) in [6, 6.07) is 11.6. The summed E-state index contributed by atoms with van der Waals surface area (Å²) in [6.45, 7) is 1.31. The Morgan fingerprint density at radius 1 is 1.07 bits per heavy atom. The summed E-state index contributed by atoms with van der Waals surface area (Å²) in [7, 11) is 1.03. The maximum absolute atomic E-state index is 14.3. The fraction of sp³-hybridized carbons (Fsp3) is 0.515. The number of methoxy groups -OCH3 is 1. The number of ether oxygens (including phenoxy) is 2. The zero-order valence-electron chi connectivity index (χ0n) is 26.1. The number of carbonyl (C=O) groups is 2. The first-order valence-electron chi connectivity index (χ1n) is 15.6. The Balaban J connectivity index is 1.38. The highest BCUT2D eigenvalue weighted by molar-refractivity contribution is 7.86. The molecule has 0 radical (unpaired) electrons. The van der Waals surface area contributed by atoms with E-state index < -0.39 is 21.6 Å². The number of nitrogens with zero attached hydrogens (tertiary/aromatic N) is 3. The molecule has 242 valence electrons. The van der Waals surface area contributed by atoms with Crippen LogP contribution < -0.4 is 9.88 Å². The molecule has 3 aromatic rings. The van der Waals surface area contributed by atoms with Crippen LogP contribution in [0.25, 0.3) is 22.2 Å². The van der Waals surface area contributed by atoms with Crippen molar-refractivity contribution in [3.8, 4) is 17.0 Å². The van der Waals surface area contributed by atoms with Gasteiger partial charge in [-0.3, -0.25) is 4.79 Å². The van der Waals surface area contributed by atoms with Gasteiger partial charge in [0.2, 0.25) is 5.91 Å². The lowest BCUT2D eigenvalue weighted by Crippen LogP contribution is -2.39. The zero-order valence-corrected chi connectivity index (χ0v) is 26.9. The molecule has 3 N–H and O–H groups in total. The lowest BCUT2D eigenvalue weighted by molar-refractivity contribution is -0.137. The molecule has 2 atom stereocenters. The van der Waals surface area contributed by atoms with Crippen molar-refractivity contribution in [1.29, 1.82) is 0 Å². The van der Waals surface area contributed by atoms with E-state index in [1.54, 1.807) is 31.2 Å². The number of hydrogen-bond donors (Lipinski definition) is 2. The van der Waals surface area contributed by atoms with Crippen LogP contribution in [0.15, 0.2) is 36.4 Å². The molecule has 2 heterocycles. The topological polar surface area (TPSA) is 144 Å². The SMILES string of the molecule is COc1ccc2c(c1)C1C[C@]1(C(=O)N(C)CCOCCN(C)S(N)(=O)=O)Cn1c-2c(C2CCCCC2)c2ccc(C(=O)O)cc21. The molecule has 2 aliphatic carbocycles. The number of nitrogens with two attached hydrogens (primary N) is 1. The molecule has 2 fully saturated rings. The van der Waals surface area contributed by atoms with Crippen molar-refractivity contribution >= 4 is 33.0 Å². The first-order valence-corrected chi connectivity index (χ1v) is 17.1. The molecular formula is C33H42N4O7S. The van der Waals surface area contributed by atoms with Gasteiger partial charge in [0.1, 0.15) is 5.75 Å². The number of benzene rings is 2. The number of amides is 1. The van der Waals surface area contributed by atoms with Crippen LogP contribution in [0.2, 0.25) is 0 Å². The minimum Gasteiger partial charge on any atom is -0.497 e. The van der Waals surface area contributed by atoms with Gasteiger partial charge in [-0.25, -0.2) is 9.93 Å². The van der Waals surface area contributed by atoms with Gasteiger partial charge in [0.25, 0.3) is 10.2 Å². The average molecular weight is 639 g/mol. The van der Waals surface area contributed by atoms with Gasteiger partial charge in [-0.2, -0.15) is 12.7 Å². The third-order valence-corrected chi connectivity index (χ3v) is 11.1. The van der Waals surface area contributed by atoms with Crippen molar-refractivity contribution in [3.05, 3.63) is 53.1 Å². The lowest BCUT2D eigenvalue weighted by Gasteiger charge is -2.26.